The second-order valence-electron chi connectivity index (χ2n) is 5.21. The lowest BCUT2D eigenvalue weighted by molar-refractivity contribution is 0.0969. The largest absolute Gasteiger partial charge is 0.294 e. The number of Topliss-reactive ketones (excluding diaryl/α,β-unsaturated/α-hetero) is 1. The van der Waals surface area contributed by atoms with Crippen LogP contribution in [0.1, 0.15) is 39.4 Å². The van der Waals surface area contributed by atoms with Gasteiger partial charge in [0.15, 0.2) is 5.78 Å². The summed E-state index contributed by atoms with van der Waals surface area (Å²) in [7, 11) is 0. The van der Waals surface area contributed by atoms with Crippen molar-refractivity contribution in [1.29, 1.82) is 0 Å². The van der Waals surface area contributed by atoms with E-state index < -0.39 is 0 Å². The van der Waals surface area contributed by atoms with Crippen molar-refractivity contribution >= 4 is 21.7 Å². The monoisotopic (exact) mass is 314 g/mol. The van der Waals surface area contributed by atoms with Gasteiger partial charge in [0.2, 0.25) is 0 Å². The highest BCUT2D eigenvalue weighted by atomic mass is 79.9. The molecule has 1 atom stereocenters. The van der Waals surface area contributed by atoms with Gasteiger partial charge in [0.1, 0.15) is 0 Å². The van der Waals surface area contributed by atoms with Gasteiger partial charge in [-0.3, -0.25) is 4.79 Å². The minimum Gasteiger partial charge on any atom is -0.294 e. The lowest BCUT2D eigenvalue weighted by Gasteiger charge is -2.29. The zero-order valence-corrected chi connectivity index (χ0v) is 12.4. The molecule has 0 saturated heterocycles. The Hall–Kier alpha value is -1.41. The molecule has 0 N–H and O–H groups in total. The van der Waals surface area contributed by atoms with Gasteiger partial charge in [-0.15, -0.1) is 0 Å². The zero-order valence-electron chi connectivity index (χ0n) is 10.8. The highest BCUT2D eigenvalue weighted by Gasteiger charge is 2.28. The first-order valence-corrected chi connectivity index (χ1v) is 7.31. The van der Waals surface area contributed by atoms with Gasteiger partial charge < -0.3 is 0 Å². The van der Waals surface area contributed by atoms with Gasteiger partial charge in [-0.05, 0) is 42.0 Å². The van der Waals surface area contributed by atoms with Crippen LogP contribution in [-0.4, -0.2) is 5.78 Å². The molecule has 3 rings (SSSR count). The summed E-state index contributed by atoms with van der Waals surface area (Å²) >= 11 is 3.49. The summed E-state index contributed by atoms with van der Waals surface area (Å²) in [6.07, 6.45) is 1.64. The third kappa shape index (κ3) is 2.37. The molecule has 0 radical (unpaired) electrons. The van der Waals surface area contributed by atoms with Crippen molar-refractivity contribution < 1.29 is 4.79 Å². The number of hydrogen-bond donors (Lipinski definition) is 0. The van der Waals surface area contributed by atoms with Crippen molar-refractivity contribution in [1.82, 2.24) is 0 Å². The predicted molar refractivity (Wildman–Crippen MR) is 80.7 cm³/mol. The van der Waals surface area contributed by atoms with Crippen LogP contribution in [-0.2, 0) is 6.42 Å². The van der Waals surface area contributed by atoms with Crippen LogP contribution in [0.25, 0.3) is 0 Å². The van der Waals surface area contributed by atoms with Crippen molar-refractivity contribution in [2.75, 3.05) is 0 Å². The van der Waals surface area contributed by atoms with Crippen molar-refractivity contribution in [3.05, 3.63) is 69.2 Å². The molecule has 1 nitrogen and oxygen atoms in total. The standard InChI is InChI=1S/C17H15BrO/c1-11-6-7-15(16(18)8-11)17(19)10-13-9-12-4-2-3-5-14(12)13/h2-8,13H,9-10H2,1H3. The summed E-state index contributed by atoms with van der Waals surface area (Å²) in [5.41, 5.74) is 4.70. The molecule has 0 fully saturated rings. The lowest BCUT2D eigenvalue weighted by atomic mass is 9.74. The van der Waals surface area contributed by atoms with Crippen molar-refractivity contribution in [3.8, 4) is 0 Å². The third-order valence-corrected chi connectivity index (χ3v) is 4.47. The minimum absolute atomic E-state index is 0.228. The first-order chi connectivity index (χ1) is 9.15. The Balaban J connectivity index is 1.77. The van der Waals surface area contributed by atoms with E-state index in [0.717, 1.165) is 22.0 Å². The van der Waals surface area contributed by atoms with E-state index in [9.17, 15) is 4.79 Å². The van der Waals surface area contributed by atoms with Crippen LogP contribution in [0.3, 0.4) is 0 Å². The number of aryl methyl sites for hydroxylation is 1. The Kier molecular flexibility index (Phi) is 3.28. The molecule has 1 unspecified atom stereocenters. The van der Waals surface area contributed by atoms with E-state index in [1.54, 1.807) is 0 Å². The van der Waals surface area contributed by atoms with Crippen LogP contribution < -0.4 is 0 Å². The van der Waals surface area contributed by atoms with E-state index in [0.29, 0.717) is 12.3 Å². The smallest absolute Gasteiger partial charge is 0.164 e. The highest BCUT2D eigenvalue weighted by Crippen LogP contribution is 2.38. The van der Waals surface area contributed by atoms with E-state index in [1.165, 1.54) is 11.1 Å². The maximum atomic E-state index is 12.4. The molecular formula is C17H15BrO. The fraction of sp³-hybridized carbons (Fsp3) is 0.235. The van der Waals surface area contributed by atoms with Crippen molar-refractivity contribution in [2.24, 2.45) is 0 Å². The first-order valence-electron chi connectivity index (χ1n) is 6.52. The topological polar surface area (TPSA) is 17.1 Å². The average molecular weight is 315 g/mol. The molecular weight excluding hydrogens is 300 g/mol. The quantitative estimate of drug-likeness (QED) is 0.752. The Morgan fingerprint density at radius 1 is 1.26 bits per heavy atom. The van der Waals surface area contributed by atoms with Crippen LogP contribution in [0.2, 0.25) is 0 Å². The maximum absolute atomic E-state index is 12.4. The molecule has 1 aliphatic rings. The number of fused-ring (bicyclic) bond motifs is 1. The summed E-state index contributed by atoms with van der Waals surface area (Å²) in [5, 5.41) is 0. The second-order valence-corrected chi connectivity index (χ2v) is 6.06. The van der Waals surface area contributed by atoms with Crippen molar-refractivity contribution in [2.45, 2.75) is 25.7 Å². The normalized spacial score (nSPS) is 16.6. The molecule has 0 aromatic heterocycles. The molecule has 19 heavy (non-hydrogen) atoms. The van der Waals surface area contributed by atoms with Crippen LogP contribution in [0.5, 0.6) is 0 Å². The van der Waals surface area contributed by atoms with Gasteiger partial charge in [0, 0.05) is 16.5 Å². The average Bonchev–Trinajstić information content (AvgIpc) is 2.35. The summed E-state index contributed by atoms with van der Waals surface area (Å²) in [4.78, 5) is 12.4. The van der Waals surface area contributed by atoms with Crippen LogP contribution >= 0.6 is 15.9 Å². The van der Waals surface area contributed by atoms with Gasteiger partial charge >= 0.3 is 0 Å². The third-order valence-electron chi connectivity index (χ3n) is 3.82. The Morgan fingerprint density at radius 3 is 2.79 bits per heavy atom. The summed E-state index contributed by atoms with van der Waals surface area (Å²) in [5.74, 6) is 0.628. The summed E-state index contributed by atoms with van der Waals surface area (Å²) in [6.45, 7) is 2.03. The van der Waals surface area contributed by atoms with Crippen molar-refractivity contribution in [3.63, 3.8) is 0 Å². The number of benzene rings is 2. The molecule has 0 heterocycles. The van der Waals surface area contributed by atoms with Gasteiger partial charge in [-0.2, -0.15) is 0 Å². The van der Waals surface area contributed by atoms with Gasteiger partial charge in [0.05, 0.1) is 0 Å². The molecule has 96 valence electrons. The van der Waals surface area contributed by atoms with Crippen LogP contribution in [0, 0.1) is 6.92 Å². The van der Waals surface area contributed by atoms with Crippen LogP contribution in [0.4, 0.5) is 0 Å². The van der Waals surface area contributed by atoms with E-state index in [-0.39, 0.29) is 5.78 Å². The molecule has 0 spiro atoms. The Labute approximate surface area is 121 Å². The number of carbonyl (C=O) groups excluding carboxylic acids is 1. The summed E-state index contributed by atoms with van der Waals surface area (Å²) < 4.78 is 0.908. The number of hydrogen-bond acceptors (Lipinski definition) is 1. The van der Waals surface area contributed by atoms with Crippen LogP contribution in [0.15, 0.2) is 46.9 Å². The molecule has 0 amide bonds. The molecule has 0 aliphatic heterocycles. The van der Waals surface area contributed by atoms with Gasteiger partial charge in [-0.1, -0.05) is 52.3 Å². The predicted octanol–water partition coefficient (Wildman–Crippen LogP) is 4.67. The minimum atomic E-state index is 0.228. The van der Waals surface area contributed by atoms with E-state index in [1.807, 2.05) is 25.1 Å². The molecule has 0 saturated carbocycles. The SMILES string of the molecule is Cc1ccc(C(=O)CC2Cc3ccccc32)c(Br)c1. The molecule has 2 aromatic carbocycles. The van der Waals surface area contributed by atoms with E-state index >= 15 is 0 Å². The Bertz CT molecular complexity index is 645. The highest BCUT2D eigenvalue weighted by molar-refractivity contribution is 9.10. The zero-order chi connectivity index (χ0) is 13.4. The van der Waals surface area contributed by atoms with E-state index in [2.05, 4.69) is 40.2 Å². The first kappa shape index (κ1) is 12.6. The molecule has 2 heteroatoms. The second kappa shape index (κ2) is 4.93. The Morgan fingerprint density at radius 2 is 2.05 bits per heavy atom. The lowest BCUT2D eigenvalue weighted by Crippen LogP contribution is -2.20. The number of halogens is 1. The number of rotatable bonds is 3. The fourth-order valence-corrected chi connectivity index (χ4v) is 3.44. The maximum Gasteiger partial charge on any atom is 0.164 e. The molecule has 1 aliphatic carbocycles. The number of carbonyl (C=O) groups is 1. The van der Waals surface area contributed by atoms with Gasteiger partial charge in [-0.25, -0.2) is 0 Å². The summed E-state index contributed by atoms with van der Waals surface area (Å²) in [6, 6.07) is 14.3. The molecule has 2 aromatic rings. The fourth-order valence-electron chi connectivity index (χ4n) is 2.72. The van der Waals surface area contributed by atoms with Gasteiger partial charge in [0.25, 0.3) is 0 Å². The van der Waals surface area contributed by atoms with E-state index in [4.69, 9.17) is 0 Å². The molecule has 0 bridgehead atoms. The number of ketones is 1.